The fourth-order valence-corrected chi connectivity index (χ4v) is 2.15. The van der Waals surface area contributed by atoms with Crippen LogP contribution < -0.4 is 0 Å². The smallest absolute Gasteiger partial charge is 0.132 e. The van der Waals surface area contributed by atoms with Gasteiger partial charge in [-0.1, -0.05) is 13.2 Å². The molecule has 14 heavy (non-hydrogen) atoms. The zero-order chi connectivity index (χ0) is 10.6. The molecule has 1 rings (SSSR count). The summed E-state index contributed by atoms with van der Waals surface area (Å²) in [6.07, 6.45) is 7.79. The Kier molecular flexibility index (Phi) is 3.93. The molecule has 1 saturated carbocycles. The zero-order valence-corrected chi connectivity index (χ0v) is 8.91. The molecule has 1 aliphatic carbocycles. The molecule has 0 aromatic heterocycles. The molecule has 0 heterocycles. The summed E-state index contributed by atoms with van der Waals surface area (Å²) in [7, 11) is 0. The van der Waals surface area contributed by atoms with E-state index in [1.165, 1.54) is 0 Å². The van der Waals surface area contributed by atoms with Crippen molar-refractivity contribution in [3.05, 3.63) is 25.6 Å². The molecule has 1 aliphatic rings. The van der Waals surface area contributed by atoms with Gasteiger partial charge in [-0.15, -0.1) is 0 Å². The number of rotatable bonds is 4. The highest BCUT2D eigenvalue weighted by molar-refractivity contribution is 5.78. The molecule has 0 amide bonds. The SMILES string of the molecule is C=CN(C=C)C1CCC(C(C)=O)CC1. The van der Waals surface area contributed by atoms with Crippen LogP contribution >= 0.6 is 0 Å². The standard InChI is InChI=1S/C12H19NO/c1-4-13(5-2)12-8-6-11(7-9-12)10(3)14/h4-5,11-12H,1-2,6-9H2,3H3. The van der Waals surface area contributed by atoms with Gasteiger partial charge in [-0.3, -0.25) is 4.79 Å². The van der Waals surface area contributed by atoms with E-state index in [-0.39, 0.29) is 0 Å². The zero-order valence-electron chi connectivity index (χ0n) is 8.91. The van der Waals surface area contributed by atoms with Crippen LogP contribution in [0.2, 0.25) is 0 Å². The molecule has 0 aromatic rings. The summed E-state index contributed by atoms with van der Waals surface area (Å²) in [4.78, 5) is 13.2. The molecule has 2 heteroatoms. The topological polar surface area (TPSA) is 20.3 Å². The van der Waals surface area contributed by atoms with Crippen molar-refractivity contribution >= 4 is 5.78 Å². The Morgan fingerprint density at radius 1 is 1.21 bits per heavy atom. The lowest BCUT2D eigenvalue weighted by Crippen LogP contribution is -2.32. The van der Waals surface area contributed by atoms with E-state index in [1.807, 2.05) is 12.4 Å². The lowest BCUT2D eigenvalue weighted by atomic mass is 9.83. The molecule has 0 saturated heterocycles. The third-order valence-corrected chi connectivity index (χ3v) is 3.11. The quantitative estimate of drug-likeness (QED) is 0.684. The largest absolute Gasteiger partial charge is 0.352 e. The van der Waals surface area contributed by atoms with E-state index in [4.69, 9.17) is 0 Å². The number of hydrogen-bond acceptors (Lipinski definition) is 2. The van der Waals surface area contributed by atoms with Gasteiger partial charge >= 0.3 is 0 Å². The van der Waals surface area contributed by atoms with E-state index in [9.17, 15) is 4.79 Å². The van der Waals surface area contributed by atoms with Crippen LogP contribution in [-0.2, 0) is 4.79 Å². The van der Waals surface area contributed by atoms with Crippen LogP contribution in [0, 0.1) is 5.92 Å². The van der Waals surface area contributed by atoms with Gasteiger partial charge in [-0.05, 0) is 45.0 Å². The summed E-state index contributed by atoms with van der Waals surface area (Å²) in [5, 5.41) is 0. The summed E-state index contributed by atoms with van der Waals surface area (Å²) in [6, 6.07) is 0.501. The third-order valence-electron chi connectivity index (χ3n) is 3.11. The van der Waals surface area contributed by atoms with Crippen molar-refractivity contribution < 1.29 is 4.79 Å². The van der Waals surface area contributed by atoms with E-state index in [0.29, 0.717) is 17.7 Å². The molecule has 0 spiro atoms. The molecular weight excluding hydrogens is 174 g/mol. The summed E-state index contributed by atoms with van der Waals surface area (Å²) < 4.78 is 0. The Balaban J connectivity index is 2.45. The number of carbonyl (C=O) groups excluding carboxylic acids is 1. The number of ketones is 1. The summed E-state index contributed by atoms with van der Waals surface area (Å²) in [5.74, 6) is 0.634. The molecule has 0 N–H and O–H groups in total. The van der Waals surface area contributed by atoms with Crippen LogP contribution in [0.15, 0.2) is 25.6 Å². The van der Waals surface area contributed by atoms with Gasteiger partial charge < -0.3 is 4.90 Å². The minimum Gasteiger partial charge on any atom is -0.352 e. The van der Waals surface area contributed by atoms with Crippen LogP contribution in [0.4, 0.5) is 0 Å². The van der Waals surface area contributed by atoms with Crippen molar-refractivity contribution in [3.63, 3.8) is 0 Å². The number of carbonyl (C=O) groups is 1. The van der Waals surface area contributed by atoms with Crippen molar-refractivity contribution in [2.24, 2.45) is 5.92 Å². The van der Waals surface area contributed by atoms with Crippen molar-refractivity contribution in [2.75, 3.05) is 0 Å². The Hall–Kier alpha value is -1.05. The average molecular weight is 193 g/mol. The molecule has 0 bridgehead atoms. The summed E-state index contributed by atoms with van der Waals surface area (Å²) in [5.41, 5.74) is 0. The van der Waals surface area contributed by atoms with Gasteiger partial charge in [0.2, 0.25) is 0 Å². The normalized spacial score (nSPS) is 26.6. The lowest BCUT2D eigenvalue weighted by Gasteiger charge is -2.33. The maximum absolute atomic E-state index is 11.2. The Morgan fingerprint density at radius 3 is 2.07 bits per heavy atom. The van der Waals surface area contributed by atoms with Crippen molar-refractivity contribution in [2.45, 2.75) is 38.6 Å². The second kappa shape index (κ2) is 4.99. The van der Waals surface area contributed by atoms with Gasteiger partial charge in [-0.2, -0.15) is 0 Å². The van der Waals surface area contributed by atoms with Crippen molar-refractivity contribution in [1.29, 1.82) is 0 Å². The maximum atomic E-state index is 11.2. The fourth-order valence-electron chi connectivity index (χ4n) is 2.15. The minimum atomic E-state index is 0.294. The van der Waals surface area contributed by atoms with Crippen LogP contribution in [0.25, 0.3) is 0 Å². The molecule has 78 valence electrons. The van der Waals surface area contributed by atoms with Gasteiger partial charge in [0.25, 0.3) is 0 Å². The van der Waals surface area contributed by atoms with Gasteiger partial charge in [0.15, 0.2) is 0 Å². The lowest BCUT2D eigenvalue weighted by molar-refractivity contribution is -0.121. The van der Waals surface area contributed by atoms with Gasteiger partial charge in [0.1, 0.15) is 5.78 Å². The molecular formula is C12H19NO. The van der Waals surface area contributed by atoms with Gasteiger partial charge in [-0.25, -0.2) is 0 Å². The Labute approximate surface area is 86.3 Å². The van der Waals surface area contributed by atoms with E-state index >= 15 is 0 Å². The Bertz CT molecular complexity index is 218. The molecule has 0 radical (unpaired) electrons. The minimum absolute atomic E-state index is 0.294. The Morgan fingerprint density at radius 2 is 1.71 bits per heavy atom. The first-order valence-electron chi connectivity index (χ1n) is 5.22. The monoisotopic (exact) mass is 193 g/mol. The van der Waals surface area contributed by atoms with E-state index in [2.05, 4.69) is 18.1 Å². The van der Waals surface area contributed by atoms with E-state index < -0.39 is 0 Å². The second-order valence-corrected chi connectivity index (χ2v) is 3.93. The molecule has 0 atom stereocenters. The van der Waals surface area contributed by atoms with E-state index in [1.54, 1.807) is 6.92 Å². The van der Waals surface area contributed by atoms with Gasteiger partial charge in [0.05, 0.1) is 0 Å². The molecule has 0 aromatic carbocycles. The average Bonchev–Trinajstić information content (AvgIpc) is 2.20. The summed E-state index contributed by atoms with van der Waals surface area (Å²) in [6.45, 7) is 9.20. The first-order valence-corrected chi connectivity index (χ1v) is 5.22. The van der Waals surface area contributed by atoms with E-state index in [0.717, 1.165) is 25.7 Å². The van der Waals surface area contributed by atoms with Crippen molar-refractivity contribution in [1.82, 2.24) is 4.90 Å². The number of Topliss-reactive ketones (excluding diaryl/α,β-unsaturated/α-hetero) is 1. The first kappa shape index (κ1) is 11.0. The predicted octanol–water partition coefficient (Wildman–Crippen LogP) is 2.72. The highest BCUT2D eigenvalue weighted by Crippen LogP contribution is 2.28. The second-order valence-electron chi connectivity index (χ2n) is 3.93. The molecule has 0 aliphatic heterocycles. The molecule has 2 nitrogen and oxygen atoms in total. The molecule has 1 fully saturated rings. The molecule has 0 unspecified atom stereocenters. The number of hydrogen-bond donors (Lipinski definition) is 0. The maximum Gasteiger partial charge on any atom is 0.132 e. The summed E-state index contributed by atoms with van der Waals surface area (Å²) >= 11 is 0. The van der Waals surface area contributed by atoms with Crippen LogP contribution in [0.5, 0.6) is 0 Å². The number of nitrogens with zero attached hydrogens (tertiary/aromatic N) is 1. The van der Waals surface area contributed by atoms with Crippen LogP contribution in [0.3, 0.4) is 0 Å². The van der Waals surface area contributed by atoms with Crippen LogP contribution in [-0.4, -0.2) is 16.7 Å². The highest BCUT2D eigenvalue weighted by Gasteiger charge is 2.25. The van der Waals surface area contributed by atoms with Crippen LogP contribution in [0.1, 0.15) is 32.6 Å². The van der Waals surface area contributed by atoms with Crippen molar-refractivity contribution in [3.8, 4) is 0 Å². The first-order chi connectivity index (χ1) is 6.69. The van der Waals surface area contributed by atoms with Gasteiger partial charge in [0, 0.05) is 12.0 Å². The highest BCUT2D eigenvalue weighted by atomic mass is 16.1. The fraction of sp³-hybridized carbons (Fsp3) is 0.583. The predicted molar refractivity (Wildman–Crippen MR) is 58.7 cm³/mol. The third kappa shape index (κ3) is 2.47.